The number of nitrogens with zero attached hydrogens (tertiary/aromatic N) is 3. The van der Waals surface area contributed by atoms with Crippen LogP contribution in [0.4, 0.5) is 0 Å². The van der Waals surface area contributed by atoms with E-state index >= 15 is 0 Å². The Kier molecular flexibility index (Phi) is 4.53. The highest BCUT2D eigenvalue weighted by Crippen LogP contribution is 2.29. The predicted octanol–water partition coefficient (Wildman–Crippen LogP) is 3.28. The lowest BCUT2D eigenvalue weighted by Crippen LogP contribution is -2.16. The minimum Gasteiger partial charge on any atom is -0.339 e. The second-order valence-electron chi connectivity index (χ2n) is 5.78. The summed E-state index contributed by atoms with van der Waals surface area (Å²) in [6.45, 7) is 2.56. The van der Waals surface area contributed by atoms with Crippen LogP contribution >= 0.6 is 11.3 Å². The molecule has 1 saturated carbocycles. The van der Waals surface area contributed by atoms with Gasteiger partial charge in [0.25, 0.3) is 0 Å². The number of hydrogen-bond acceptors (Lipinski definition) is 5. The third kappa shape index (κ3) is 3.43. The molecule has 0 atom stereocenters. The maximum absolute atomic E-state index is 11.7. The zero-order valence-electron chi connectivity index (χ0n) is 12.4. The molecule has 2 aromatic rings. The van der Waals surface area contributed by atoms with Gasteiger partial charge in [-0.05, 0) is 19.8 Å². The van der Waals surface area contributed by atoms with Crippen LogP contribution in [-0.2, 0) is 13.0 Å². The highest BCUT2D eigenvalue weighted by molar-refractivity contribution is 7.07. The lowest BCUT2D eigenvalue weighted by Gasteiger charge is -2.07. The quantitative estimate of drug-likeness (QED) is 0.813. The lowest BCUT2D eigenvalue weighted by molar-refractivity contribution is 0.361. The van der Waals surface area contributed by atoms with Gasteiger partial charge in [0.1, 0.15) is 0 Å². The van der Waals surface area contributed by atoms with E-state index in [-0.39, 0.29) is 4.87 Å². The number of aromatic nitrogens is 3. The molecule has 21 heavy (non-hydrogen) atoms. The summed E-state index contributed by atoms with van der Waals surface area (Å²) < 4.78 is 7.13. The van der Waals surface area contributed by atoms with Crippen molar-refractivity contribution in [1.29, 1.82) is 0 Å². The highest BCUT2D eigenvalue weighted by Gasteiger charge is 2.20. The first-order valence-corrected chi connectivity index (χ1v) is 8.59. The Morgan fingerprint density at radius 3 is 2.76 bits per heavy atom. The predicted molar refractivity (Wildman–Crippen MR) is 81.8 cm³/mol. The molecular weight excluding hydrogens is 286 g/mol. The van der Waals surface area contributed by atoms with Crippen molar-refractivity contribution < 1.29 is 4.52 Å². The van der Waals surface area contributed by atoms with Crippen LogP contribution in [-0.4, -0.2) is 14.7 Å². The molecule has 0 aliphatic heterocycles. The van der Waals surface area contributed by atoms with E-state index < -0.39 is 0 Å². The zero-order chi connectivity index (χ0) is 14.7. The molecule has 2 aromatic heterocycles. The second-order valence-corrected chi connectivity index (χ2v) is 6.60. The third-order valence-electron chi connectivity index (χ3n) is 4.23. The monoisotopic (exact) mass is 307 g/mol. The second kappa shape index (κ2) is 6.56. The highest BCUT2D eigenvalue weighted by atomic mass is 32.1. The summed E-state index contributed by atoms with van der Waals surface area (Å²) >= 11 is 1.24. The minimum atomic E-state index is 0.0796. The van der Waals surface area contributed by atoms with Gasteiger partial charge in [-0.15, -0.1) is 0 Å². The van der Waals surface area contributed by atoms with Crippen LogP contribution in [0.25, 0.3) is 0 Å². The van der Waals surface area contributed by atoms with Gasteiger partial charge in [0.2, 0.25) is 5.89 Å². The number of rotatable bonds is 4. The van der Waals surface area contributed by atoms with Crippen molar-refractivity contribution in [2.75, 3.05) is 0 Å². The first-order valence-electron chi connectivity index (χ1n) is 7.71. The molecule has 114 valence electrons. The van der Waals surface area contributed by atoms with Gasteiger partial charge in [-0.2, -0.15) is 4.98 Å². The first kappa shape index (κ1) is 14.5. The van der Waals surface area contributed by atoms with Gasteiger partial charge < -0.3 is 9.09 Å². The van der Waals surface area contributed by atoms with E-state index in [1.807, 2.05) is 12.3 Å². The lowest BCUT2D eigenvalue weighted by atomic mass is 10.00. The van der Waals surface area contributed by atoms with Crippen LogP contribution in [0.1, 0.15) is 61.9 Å². The van der Waals surface area contributed by atoms with Crippen molar-refractivity contribution in [3.05, 3.63) is 32.5 Å². The molecule has 0 bridgehead atoms. The summed E-state index contributed by atoms with van der Waals surface area (Å²) in [4.78, 5) is 16.3. The molecule has 1 aliphatic carbocycles. The van der Waals surface area contributed by atoms with E-state index in [4.69, 9.17) is 4.52 Å². The fourth-order valence-electron chi connectivity index (χ4n) is 2.95. The van der Waals surface area contributed by atoms with Crippen molar-refractivity contribution in [1.82, 2.24) is 14.7 Å². The molecule has 0 unspecified atom stereocenters. The number of aryl methyl sites for hydroxylation is 2. The van der Waals surface area contributed by atoms with Gasteiger partial charge in [-0.25, -0.2) is 0 Å². The van der Waals surface area contributed by atoms with Gasteiger partial charge in [0.05, 0.1) is 0 Å². The fraction of sp³-hybridized carbons (Fsp3) is 0.667. The van der Waals surface area contributed by atoms with Crippen molar-refractivity contribution in [3.63, 3.8) is 0 Å². The van der Waals surface area contributed by atoms with Crippen LogP contribution in [0, 0.1) is 6.92 Å². The molecule has 0 spiro atoms. The summed E-state index contributed by atoms with van der Waals surface area (Å²) in [7, 11) is 0. The largest absolute Gasteiger partial charge is 0.339 e. The Hall–Kier alpha value is -1.43. The van der Waals surface area contributed by atoms with Crippen LogP contribution in [0.5, 0.6) is 0 Å². The van der Waals surface area contributed by atoms with E-state index in [0.717, 1.165) is 11.5 Å². The molecule has 0 saturated heterocycles. The molecule has 0 aromatic carbocycles. The van der Waals surface area contributed by atoms with Gasteiger partial charge >= 0.3 is 4.87 Å². The standard InChI is InChI=1S/C15H21N3O2S/c1-11-10-21-15(19)18(11)9-8-13-16-14(17-20-13)12-6-4-2-3-5-7-12/h10,12H,2-9H2,1H3. The Labute approximate surface area is 128 Å². The summed E-state index contributed by atoms with van der Waals surface area (Å²) in [5, 5.41) is 6.04. The third-order valence-corrected chi connectivity index (χ3v) is 5.11. The normalized spacial score (nSPS) is 17.0. The van der Waals surface area contributed by atoms with Crippen LogP contribution in [0.3, 0.4) is 0 Å². The van der Waals surface area contributed by atoms with Crippen LogP contribution in [0.2, 0.25) is 0 Å². The van der Waals surface area contributed by atoms with Gasteiger partial charge in [0.15, 0.2) is 5.82 Å². The van der Waals surface area contributed by atoms with E-state index in [0.29, 0.717) is 24.8 Å². The molecular formula is C15H21N3O2S. The Balaban J connectivity index is 1.63. The maximum atomic E-state index is 11.7. The zero-order valence-corrected chi connectivity index (χ0v) is 13.2. The molecule has 0 amide bonds. The fourth-order valence-corrected chi connectivity index (χ4v) is 3.72. The van der Waals surface area contributed by atoms with Gasteiger partial charge in [-0.3, -0.25) is 4.79 Å². The SMILES string of the molecule is Cc1csc(=O)n1CCc1nc(C2CCCCCC2)no1. The number of thiazole rings is 1. The topological polar surface area (TPSA) is 60.9 Å². The van der Waals surface area contributed by atoms with Crippen molar-refractivity contribution in [2.45, 2.75) is 64.3 Å². The average molecular weight is 307 g/mol. The van der Waals surface area contributed by atoms with Crippen LogP contribution in [0.15, 0.2) is 14.7 Å². The molecule has 5 nitrogen and oxygen atoms in total. The molecule has 0 radical (unpaired) electrons. The van der Waals surface area contributed by atoms with E-state index in [2.05, 4.69) is 10.1 Å². The van der Waals surface area contributed by atoms with Gasteiger partial charge in [-0.1, -0.05) is 42.2 Å². The summed E-state index contributed by atoms with van der Waals surface area (Å²) in [6.07, 6.45) is 8.13. The molecule has 0 N–H and O–H groups in total. The van der Waals surface area contributed by atoms with Crippen molar-refractivity contribution in [3.8, 4) is 0 Å². The van der Waals surface area contributed by atoms with E-state index in [1.165, 1.54) is 49.9 Å². The van der Waals surface area contributed by atoms with E-state index in [1.54, 1.807) is 4.57 Å². The molecule has 1 aliphatic rings. The summed E-state index contributed by atoms with van der Waals surface area (Å²) in [5.74, 6) is 1.96. The van der Waals surface area contributed by atoms with Gasteiger partial charge in [0, 0.05) is 30.0 Å². The Bertz CT molecular complexity index is 635. The molecule has 2 heterocycles. The Morgan fingerprint density at radius 1 is 1.33 bits per heavy atom. The summed E-state index contributed by atoms with van der Waals surface area (Å²) in [6, 6.07) is 0. The summed E-state index contributed by atoms with van der Waals surface area (Å²) in [5.41, 5.74) is 0.994. The first-order chi connectivity index (χ1) is 10.2. The average Bonchev–Trinajstić information content (AvgIpc) is 2.95. The molecule has 3 rings (SSSR count). The molecule has 1 fully saturated rings. The Morgan fingerprint density at radius 2 is 2.10 bits per heavy atom. The van der Waals surface area contributed by atoms with Crippen LogP contribution < -0.4 is 4.87 Å². The minimum absolute atomic E-state index is 0.0796. The molecule has 6 heteroatoms. The maximum Gasteiger partial charge on any atom is 0.307 e. The van der Waals surface area contributed by atoms with E-state index in [9.17, 15) is 4.79 Å². The van der Waals surface area contributed by atoms with Crippen molar-refractivity contribution >= 4 is 11.3 Å². The van der Waals surface area contributed by atoms with Crippen molar-refractivity contribution in [2.24, 2.45) is 0 Å². The smallest absolute Gasteiger partial charge is 0.307 e. The number of hydrogen-bond donors (Lipinski definition) is 0.